The Bertz CT molecular complexity index is 537. The number of nitrogens with zero attached hydrogens (tertiary/aromatic N) is 2. The first-order chi connectivity index (χ1) is 8.17. The molecular weight excluding hydrogens is 212 g/mol. The van der Waals surface area contributed by atoms with Crippen LogP contribution in [-0.2, 0) is 5.41 Å². The number of hydrogen-bond donors (Lipinski definition) is 2. The molecule has 17 heavy (non-hydrogen) atoms. The molecular formula is C13H18N4. The first kappa shape index (κ1) is 10.7. The smallest absolute Gasteiger partial charge is 0.177 e. The SMILES string of the molecule is Cc1cnc2nc(C3(C)CCNCC3)[nH]c2c1. The van der Waals surface area contributed by atoms with Crippen LogP contribution >= 0.6 is 0 Å². The van der Waals surface area contributed by atoms with Crippen molar-refractivity contribution < 1.29 is 0 Å². The van der Waals surface area contributed by atoms with E-state index >= 15 is 0 Å². The first-order valence-corrected chi connectivity index (χ1v) is 6.21. The van der Waals surface area contributed by atoms with Crippen molar-refractivity contribution in [1.29, 1.82) is 0 Å². The highest BCUT2D eigenvalue weighted by atomic mass is 15.0. The van der Waals surface area contributed by atoms with Crippen LogP contribution in [0.25, 0.3) is 11.2 Å². The molecule has 0 bridgehead atoms. The van der Waals surface area contributed by atoms with E-state index in [-0.39, 0.29) is 5.41 Å². The van der Waals surface area contributed by atoms with Crippen molar-refractivity contribution in [1.82, 2.24) is 20.3 Å². The molecule has 1 fully saturated rings. The molecule has 1 saturated heterocycles. The molecule has 0 aromatic carbocycles. The maximum Gasteiger partial charge on any atom is 0.177 e. The van der Waals surface area contributed by atoms with Gasteiger partial charge in [0.2, 0.25) is 0 Å². The number of piperidine rings is 1. The van der Waals surface area contributed by atoms with Crippen LogP contribution in [0.4, 0.5) is 0 Å². The Labute approximate surface area is 101 Å². The molecule has 3 rings (SSSR count). The van der Waals surface area contributed by atoms with Gasteiger partial charge >= 0.3 is 0 Å². The summed E-state index contributed by atoms with van der Waals surface area (Å²) in [6, 6.07) is 2.11. The summed E-state index contributed by atoms with van der Waals surface area (Å²) in [7, 11) is 0. The fraction of sp³-hybridized carbons (Fsp3) is 0.538. The van der Waals surface area contributed by atoms with Crippen LogP contribution in [0.3, 0.4) is 0 Å². The minimum absolute atomic E-state index is 0.167. The van der Waals surface area contributed by atoms with Crippen molar-refractivity contribution in [2.75, 3.05) is 13.1 Å². The summed E-state index contributed by atoms with van der Waals surface area (Å²) in [6.45, 7) is 6.48. The van der Waals surface area contributed by atoms with Crippen LogP contribution in [0, 0.1) is 6.92 Å². The molecule has 0 radical (unpaired) electrons. The van der Waals surface area contributed by atoms with E-state index in [9.17, 15) is 0 Å². The summed E-state index contributed by atoms with van der Waals surface area (Å²) >= 11 is 0. The number of rotatable bonds is 1. The van der Waals surface area contributed by atoms with Gasteiger partial charge in [0.15, 0.2) is 5.65 Å². The largest absolute Gasteiger partial charge is 0.340 e. The van der Waals surface area contributed by atoms with E-state index in [1.165, 1.54) is 5.56 Å². The molecule has 2 aromatic heterocycles. The van der Waals surface area contributed by atoms with Gasteiger partial charge < -0.3 is 10.3 Å². The molecule has 0 spiro atoms. The standard InChI is InChI=1S/C13H18N4/c1-9-7-10-11(15-8-9)17-12(16-10)13(2)3-5-14-6-4-13/h7-8,14H,3-6H2,1-2H3,(H,15,16,17). The second-order valence-corrected chi connectivity index (χ2v) is 5.28. The summed E-state index contributed by atoms with van der Waals surface area (Å²) in [6.07, 6.45) is 4.13. The molecule has 4 heteroatoms. The van der Waals surface area contributed by atoms with E-state index in [1.54, 1.807) is 0 Å². The maximum atomic E-state index is 4.65. The lowest BCUT2D eigenvalue weighted by Crippen LogP contribution is -2.38. The van der Waals surface area contributed by atoms with Crippen LogP contribution in [0.2, 0.25) is 0 Å². The average molecular weight is 230 g/mol. The van der Waals surface area contributed by atoms with Gasteiger partial charge in [-0.3, -0.25) is 0 Å². The third kappa shape index (κ3) is 1.82. The quantitative estimate of drug-likeness (QED) is 0.786. The van der Waals surface area contributed by atoms with Gasteiger partial charge in [-0.15, -0.1) is 0 Å². The van der Waals surface area contributed by atoms with Crippen molar-refractivity contribution in [3.63, 3.8) is 0 Å². The van der Waals surface area contributed by atoms with Gasteiger partial charge in [0, 0.05) is 11.6 Å². The molecule has 0 amide bonds. The summed E-state index contributed by atoms with van der Waals surface area (Å²) in [4.78, 5) is 12.5. The van der Waals surface area contributed by atoms with Crippen LogP contribution in [0.5, 0.6) is 0 Å². The molecule has 0 saturated carbocycles. The van der Waals surface area contributed by atoms with E-state index in [2.05, 4.69) is 40.2 Å². The van der Waals surface area contributed by atoms with Crippen LogP contribution in [-0.4, -0.2) is 28.0 Å². The van der Waals surface area contributed by atoms with Crippen molar-refractivity contribution in [3.8, 4) is 0 Å². The van der Waals surface area contributed by atoms with Crippen LogP contribution in [0.15, 0.2) is 12.3 Å². The van der Waals surface area contributed by atoms with E-state index in [0.717, 1.165) is 42.9 Å². The molecule has 0 atom stereocenters. The lowest BCUT2D eigenvalue weighted by molar-refractivity contribution is 0.321. The summed E-state index contributed by atoms with van der Waals surface area (Å²) < 4.78 is 0. The summed E-state index contributed by atoms with van der Waals surface area (Å²) in [5.74, 6) is 1.09. The molecule has 2 N–H and O–H groups in total. The lowest BCUT2D eigenvalue weighted by atomic mass is 9.80. The Hall–Kier alpha value is -1.42. The van der Waals surface area contributed by atoms with Crippen LogP contribution in [0.1, 0.15) is 31.2 Å². The van der Waals surface area contributed by atoms with Gasteiger partial charge in [-0.05, 0) is 44.5 Å². The molecule has 2 aromatic rings. The zero-order valence-corrected chi connectivity index (χ0v) is 10.4. The summed E-state index contributed by atoms with van der Waals surface area (Å²) in [5.41, 5.74) is 3.23. The Kier molecular flexibility index (Phi) is 2.40. The van der Waals surface area contributed by atoms with Crippen molar-refractivity contribution in [2.45, 2.75) is 32.1 Å². The van der Waals surface area contributed by atoms with Gasteiger partial charge in [-0.25, -0.2) is 9.97 Å². The van der Waals surface area contributed by atoms with Crippen molar-refractivity contribution in [2.24, 2.45) is 0 Å². The fourth-order valence-electron chi connectivity index (χ4n) is 2.51. The topological polar surface area (TPSA) is 53.6 Å². The summed E-state index contributed by atoms with van der Waals surface area (Å²) in [5, 5.41) is 3.40. The number of aromatic amines is 1. The minimum Gasteiger partial charge on any atom is -0.340 e. The van der Waals surface area contributed by atoms with E-state index in [4.69, 9.17) is 0 Å². The van der Waals surface area contributed by atoms with Gasteiger partial charge in [0.05, 0.1) is 5.52 Å². The van der Waals surface area contributed by atoms with E-state index in [0.29, 0.717) is 0 Å². The molecule has 3 heterocycles. The van der Waals surface area contributed by atoms with Crippen molar-refractivity contribution in [3.05, 3.63) is 23.7 Å². The molecule has 4 nitrogen and oxygen atoms in total. The number of nitrogens with one attached hydrogen (secondary N) is 2. The highest BCUT2D eigenvalue weighted by Crippen LogP contribution is 2.31. The molecule has 1 aliphatic rings. The fourth-order valence-corrected chi connectivity index (χ4v) is 2.51. The van der Waals surface area contributed by atoms with Crippen LogP contribution < -0.4 is 5.32 Å². The molecule has 0 aliphatic carbocycles. The highest BCUT2D eigenvalue weighted by Gasteiger charge is 2.31. The predicted octanol–water partition coefficient (Wildman–Crippen LogP) is 1.91. The number of hydrogen-bond acceptors (Lipinski definition) is 3. The minimum atomic E-state index is 0.167. The first-order valence-electron chi connectivity index (χ1n) is 6.21. The van der Waals surface area contributed by atoms with Gasteiger partial charge in [0.1, 0.15) is 5.82 Å². The second kappa shape index (κ2) is 3.81. The third-order valence-electron chi connectivity index (χ3n) is 3.75. The average Bonchev–Trinajstić information content (AvgIpc) is 2.73. The van der Waals surface area contributed by atoms with E-state index in [1.807, 2.05) is 6.20 Å². The van der Waals surface area contributed by atoms with Gasteiger partial charge in [-0.1, -0.05) is 6.92 Å². The molecule has 0 unspecified atom stereocenters. The number of imidazole rings is 1. The Balaban J connectivity index is 2.05. The Morgan fingerprint density at radius 1 is 1.29 bits per heavy atom. The lowest BCUT2D eigenvalue weighted by Gasteiger charge is -2.31. The number of aromatic nitrogens is 3. The zero-order valence-electron chi connectivity index (χ0n) is 10.4. The zero-order chi connectivity index (χ0) is 11.9. The normalized spacial score (nSPS) is 19.6. The maximum absolute atomic E-state index is 4.65. The molecule has 1 aliphatic heterocycles. The highest BCUT2D eigenvalue weighted by molar-refractivity contribution is 5.71. The molecule has 90 valence electrons. The second-order valence-electron chi connectivity index (χ2n) is 5.28. The van der Waals surface area contributed by atoms with Gasteiger partial charge in [-0.2, -0.15) is 0 Å². The predicted molar refractivity (Wildman–Crippen MR) is 68.1 cm³/mol. The monoisotopic (exact) mass is 230 g/mol. The van der Waals surface area contributed by atoms with Crippen molar-refractivity contribution >= 4 is 11.2 Å². The Morgan fingerprint density at radius 2 is 2.06 bits per heavy atom. The number of fused-ring (bicyclic) bond motifs is 1. The van der Waals surface area contributed by atoms with Gasteiger partial charge in [0.25, 0.3) is 0 Å². The third-order valence-corrected chi connectivity index (χ3v) is 3.75. The Morgan fingerprint density at radius 3 is 2.82 bits per heavy atom. The van der Waals surface area contributed by atoms with E-state index < -0.39 is 0 Å². The number of H-pyrrole nitrogens is 1. The number of aryl methyl sites for hydroxylation is 1. The number of pyridine rings is 1.